The molecule has 0 amide bonds. The summed E-state index contributed by atoms with van der Waals surface area (Å²) in [6.07, 6.45) is 1.18. The van der Waals surface area contributed by atoms with Gasteiger partial charge in [-0.15, -0.1) is 0 Å². The second-order valence-corrected chi connectivity index (χ2v) is 6.09. The van der Waals surface area contributed by atoms with Gasteiger partial charge in [-0.2, -0.15) is 0 Å². The van der Waals surface area contributed by atoms with Crippen LogP contribution in [-0.2, 0) is 0 Å². The second-order valence-electron chi connectivity index (χ2n) is 6.09. The summed E-state index contributed by atoms with van der Waals surface area (Å²) in [5.41, 5.74) is 4.25. The average Bonchev–Trinajstić information content (AvgIpc) is 3.23. The Labute approximate surface area is 129 Å². The summed E-state index contributed by atoms with van der Waals surface area (Å²) in [4.78, 5) is 0. The first kappa shape index (κ1) is 13.2. The van der Waals surface area contributed by atoms with Crippen LogP contribution in [0.25, 0.3) is 16.7 Å². The standard InChI is InChI=1S/C20H18O2/c1-12(21)20-13(2)22-19-9-8-15(10-18(19)20)17-11-16(17)14-6-4-3-5-7-14/h3-10,16-17,21H,1,11H2,2H3. The maximum atomic E-state index is 9.81. The van der Waals surface area contributed by atoms with Crippen molar-refractivity contribution in [2.24, 2.45) is 0 Å². The molecule has 3 aromatic rings. The fraction of sp³-hybridized carbons (Fsp3) is 0.200. The molecule has 0 aliphatic heterocycles. The van der Waals surface area contributed by atoms with E-state index in [0.717, 1.165) is 22.3 Å². The van der Waals surface area contributed by atoms with Crippen molar-refractivity contribution in [1.82, 2.24) is 0 Å². The van der Waals surface area contributed by atoms with E-state index in [1.807, 2.05) is 13.0 Å². The molecule has 2 nitrogen and oxygen atoms in total. The predicted molar refractivity (Wildman–Crippen MR) is 89.2 cm³/mol. The highest BCUT2D eigenvalue weighted by atomic mass is 16.3. The van der Waals surface area contributed by atoms with E-state index in [1.54, 1.807) is 0 Å². The van der Waals surface area contributed by atoms with Crippen LogP contribution < -0.4 is 0 Å². The molecule has 0 radical (unpaired) electrons. The van der Waals surface area contributed by atoms with Crippen LogP contribution in [0.2, 0.25) is 0 Å². The summed E-state index contributed by atoms with van der Waals surface area (Å²) < 4.78 is 5.71. The van der Waals surface area contributed by atoms with Crippen LogP contribution in [0, 0.1) is 6.92 Å². The van der Waals surface area contributed by atoms with Crippen molar-refractivity contribution < 1.29 is 9.52 Å². The number of hydrogen-bond donors (Lipinski definition) is 1. The Balaban J connectivity index is 1.72. The molecular weight excluding hydrogens is 272 g/mol. The van der Waals surface area contributed by atoms with E-state index in [1.165, 1.54) is 17.5 Å². The molecule has 1 heterocycles. The highest BCUT2D eigenvalue weighted by molar-refractivity contribution is 5.91. The van der Waals surface area contributed by atoms with Crippen molar-refractivity contribution in [1.29, 1.82) is 0 Å². The van der Waals surface area contributed by atoms with E-state index in [0.29, 0.717) is 11.8 Å². The Morgan fingerprint density at radius 3 is 2.55 bits per heavy atom. The average molecular weight is 290 g/mol. The Kier molecular flexibility index (Phi) is 2.86. The van der Waals surface area contributed by atoms with E-state index in [2.05, 4.69) is 49.0 Å². The molecule has 0 saturated heterocycles. The molecule has 1 aliphatic carbocycles. The molecule has 1 fully saturated rings. The highest BCUT2D eigenvalue weighted by Gasteiger charge is 2.39. The minimum atomic E-state index is 0.0730. The lowest BCUT2D eigenvalue weighted by Gasteiger charge is -2.03. The van der Waals surface area contributed by atoms with Gasteiger partial charge < -0.3 is 9.52 Å². The maximum absolute atomic E-state index is 9.81. The lowest BCUT2D eigenvalue weighted by Crippen LogP contribution is -1.86. The smallest absolute Gasteiger partial charge is 0.135 e. The summed E-state index contributed by atoms with van der Waals surface area (Å²) in [6.45, 7) is 5.52. The van der Waals surface area contributed by atoms with Crippen molar-refractivity contribution in [3.05, 3.63) is 77.6 Å². The van der Waals surface area contributed by atoms with E-state index in [4.69, 9.17) is 4.42 Å². The molecule has 2 unspecified atom stereocenters. The molecule has 1 aliphatic rings. The SMILES string of the molecule is C=C(O)c1c(C)oc2ccc(C3CC3c3ccccc3)cc12. The monoisotopic (exact) mass is 290 g/mol. The first-order valence-electron chi connectivity index (χ1n) is 7.61. The summed E-state index contributed by atoms with van der Waals surface area (Å²) >= 11 is 0. The summed E-state index contributed by atoms with van der Waals surface area (Å²) in [5, 5.41) is 10.8. The third-order valence-corrected chi connectivity index (χ3v) is 4.62. The van der Waals surface area contributed by atoms with Crippen LogP contribution in [-0.4, -0.2) is 5.11 Å². The molecule has 4 rings (SSSR count). The van der Waals surface area contributed by atoms with Crippen molar-refractivity contribution >= 4 is 16.7 Å². The maximum Gasteiger partial charge on any atom is 0.135 e. The van der Waals surface area contributed by atoms with E-state index >= 15 is 0 Å². The molecule has 2 atom stereocenters. The number of aliphatic hydroxyl groups excluding tert-OH is 1. The number of furan rings is 1. The van der Waals surface area contributed by atoms with E-state index in [9.17, 15) is 5.11 Å². The van der Waals surface area contributed by atoms with E-state index < -0.39 is 0 Å². The highest BCUT2D eigenvalue weighted by Crippen LogP contribution is 2.55. The van der Waals surface area contributed by atoms with Crippen LogP contribution in [0.3, 0.4) is 0 Å². The second kappa shape index (κ2) is 4.77. The molecule has 22 heavy (non-hydrogen) atoms. The summed E-state index contributed by atoms with van der Waals surface area (Å²) in [5.74, 6) is 1.95. The lowest BCUT2D eigenvalue weighted by molar-refractivity contribution is 0.507. The van der Waals surface area contributed by atoms with Gasteiger partial charge in [-0.25, -0.2) is 0 Å². The molecule has 0 spiro atoms. The van der Waals surface area contributed by atoms with Crippen molar-refractivity contribution in [3.8, 4) is 0 Å². The largest absolute Gasteiger partial charge is 0.508 e. The fourth-order valence-corrected chi connectivity index (χ4v) is 3.46. The summed E-state index contributed by atoms with van der Waals surface area (Å²) in [6, 6.07) is 16.9. The van der Waals surface area contributed by atoms with Gasteiger partial charge in [-0.1, -0.05) is 43.0 Å². The lowest BCUT2D eigenvalue weighted by atomic mass is 10.0. The Hall–Kier alpha value is -2.48. The van der Waals surface area contributed by atoms with Crippen molar-refractivity contribution in [2.45, 2.75) is 25.2 Å². The van der Waals surface area contributed by atoms with Crippen LogP contribution in [0.4, 0.5) is 0 Å². The van der Waals surface area contributed by atoms with Crippen LogP contribution in [0.1, 0.15) is 40.7 Å². The third-order valence-electron chi connectivity index (χ3n) is 4.62. The zero-order valence-electron chi connectivity index (χ0n) is 12.5. The Morgan fingerprint density at radius 2 is 1.82 bits per heavy atom. The molecule has 2 aromatic carbocycles. The number of aryl methyl sites for hydroxylation is 1. The fourth-order valence-electron chi connectivity index (χ4n) is 3.46. The topological polar surface area (TPSA) is 33.4 Å². The van der Waals surface area contributed by atoms with Gasteiger partial charge in [0.05, 0.1) is 5.56 Å². The van der Waals surface area contributed by atoms with Gasteiger partial charge >= 0.3 is 0 Å². The van der Waals surface area contributed by atoms with Gasteiger partial charge in [0.1, 0.15) is 17.1 Å². The van der Waals surface area contributed by atoms with Crippen molar-refractivity contribution in [3.63, 3.8) is 0 Å². The number of hydrogen-bond acceptors (Lipinski definition) is 2. The molecule has 1 saturated carbocycles. The molecule has 110 valence electrons. The van der Waals surface area contributed by atoms with E-state index in [-0.39, 0.29) is 5.76 Å². The van der Waals surface area contributed by atoms with Gasteiger partial charge in [0, 0.05) is 5.39 Å². The Bertz CT molecular complexity index is 858. The van der Waals surface area contributed by atoms with Crippen LogP contribution in [0.5, 0.6) is 0 Å². The molecular formula is C20H18O2. The molecule has 1 N–H and O–H groups in total. The number of aliphatic hydroxyl groups is 1. The normalized spacial score (nSPS) is 20.2. The van der Waals surface area contributed by atoms with Gasteiger partial charge in [0.2, 0.25) is 0 Å². The third kappa shape index (κ3) is 2.03. The molecule has 1 aromatic heterocycles. The molecule has 0 bridgehead atoms. The van der Waals surface area contributed by atoms with Crippen LogP contribution in [0.15, 0.2) is 59.5 Å². The van der Waals surface area contributed by atoms with Gasteiger partial charge in [-0.05, 0) is 48.4 Å². The number of fused-ring (bicyclic) bond motifs is 1. The first-order valence-corrected chi connectivity index (χ1v) is 7.61. The Morgan fingerprint density at radius 1 is 1.09 bits per heavy atom. The van der Waals surface area contributed by atoms with Gasteiger partial charge in [0.15, 0.2) is 0 Å². The minimum Gasteiger partial charge on any atom is -0.508 e. The molecule has 2 heteroatoms. The quantitative estimate of drug-likeness (QED) is 0.642. The zero-order valence-corrected chi connectivity index (χ0v) is 12.5. The summed E-state index contributed by atoms with van der Waals surface area (Å²) in [7, 11) is 0. The number of benzene rings is 2. The zero-order chi connectivity index (χ0) is 15.3. The van der Waals surface area contributed by atoms with Gasteiger partial charge in [-0.3, -0.25) is 0 Å². The number of rotatable bonds is 3. The predicted octanol–water partition coefficient (Wildman–Crippen LogP) is 5.54. The van der Waals surface area contributed by atoms with Crippen molar-refractivity contribution in [2.75, 3.05) is 0 Å². The van der Waals surface area contributed by atoms with Crippen LogP contribution >= 0.6 is 0 Å². The first-order chi connectivity index (χ1) is 10.6. The van der Waals surface area contributed by atoms with Gasteiger partial charge in [0.25, 0.3) is 0 Å². The minimum absolute atomic E-state index is 0.0730.